The van der Waals surface area contributed by atoms with E-state index in [1.54, 1.807) is 0 Å². The van der Waals surface area contributed by atoms with Crippen molar-refractivity contribution in [2.45, 2.75) is 57.1 Å². The largest absolute Gasteiger partial charge is 0.480 e. The molecule has 0 aliphatic carbocycles. The molecular formula is C14H26N4O7S. The Morgan fingerprint density at radius 1 is 0.885 bits per heavy atom. The zero-order chi connectivity index (χ0) is 20.6. The van der Waals surface area contributed by atoms with E-state index in [9.17, 15) is 29.4 Å². The van der Waals surface area contributed by atoms with Crippen LogP contribution in [0.5, 0.6) is 0 Å². The van der Waals surface area contributed by atoms with Gasteiger partial charge in [-0.15, -0.1) is 0 Å². The van der Waals surface area contributed by atoms with Crippen LogP contribution in [0.2, 0.25) is 0 Å². The predicted octanol–water partition coefficient (Wildman–Crippen LogP) is -3.44. The molecule has 0 heterocycles. The first kappa shape index (κ1) is 24.1. The summed E-state index contributed by atoms with van der Waals surface area (Å²) in [6, 6.07) is -5.12. The summed E-state index contributed by atoms with van der Waals surface area (Å²) in [6.45, 7) is 3.71. The van der Waals surface area contributed by atoms with Crippen LogP contribution >= 0.6 is 12.6 Å². The third-order valence-corrected chi connectivity index (χ3v) is 3.79. The van der Waals surface area contributed by atoms with E-state index in [1.807, 2.05) is 5.32 Å². The number of carboxylic acid groups (broad SMARTS) is 1. The Labute approximate surface area is 156 Å². The first-order chi connectivity index (χ1) is 11.9. The van der Waals surface area contributed by atoms with Crippen LogP contribution in [0.3, 0.4) is 0 Å². The van der Waals surface area contributed by atoms with Gasteiger partial charge in [0.2, 0.25) is 17.7 Å². The molecule has 0 radical (unpaired) electrons. The smallest absolute Gasteiger partial charge is 0.328 e. The zero-order valence-corrected chi connectivity index (χ0v) is 15.6. The number of carbonyl (C=O) groups excluding carboxylic acids is 3. The van der Waals surface area contributed by atoms with Gasteiger partial charge in [-0.2, -0.15) is 12.6 Å². The Morgan fingerprint density at radius 2 is 1.35 bits per heavy atom. The van der Waals surface area contributed by atoms with E-state index in [-0.39, 0.29) is 5.75 Å². The minimum Gasteiger partial charge on any atom is -0.480 e. The number of aliphatic hydroxyl groups is 2. The normalized spacial score (nSPS) is 17.8. The molecule has 0 aromatic carbocycles. The highest BCUT2D eigenvalue weighted by atomic mass is 32.1. The number of carboxylic acids is 1. The summed E-state index contributed by atoms with van der Waals surface area (Å²) in [7, 11) is 0. The number of nitrogens with one attached hydrogen (secondary N) is 3. The van der Waals surface area contributed by atoms with Crippen molar-refractivity contribution in [3.8, 4) is 0 Å². The maximum atomic E-state index is 12.2. The fourth-order valence-electron chi connectivity index (χ4n) is 1.78. The van der Waals surface area contributed by atoms with Crippen molar-refractivity contribution in [2.24, 2.45) is 5.73 Å². The topological polar surface area (TPSA) is 191 Å². The van der Waals surface area contributed by atoms with Crippen LogP contribution in [0.4, 0.5) is 0 Å². The lowest BCUT2D eigenvalue weighted by Crippen LogP contribution is -2.60. The second-order valence-corrected chi connectivity index (χ2v) is 6.18. The lowest BCUT2D eigenvalue weighted by molar-refractivity contribution is -0.146. The van der Waals surface area contributed by atoms with Gasteiger partial charge in [0.25, 0.3) is 0 Å². The lowest BCUT2D eigenvalue weighted by atomic mass is 10.1. The van der Waals surface area contributed by atoms with E-state index < -0.39 is 60.1 Å². The van der Waals surface area contributed by atoms with Gasteiger partial charge < -0.3 is 37.0 Å². The minimum absolute atomic E-state index is 0.0643. The van der Waals surface area contributed by atoms with Crippen LogP contribution in [0.15, 0.2) is 0 Å². The average molecular weight is 394 g/mol. The molecule has 150 valence electrons. The van der Waals surface area contributed by atoms with Crippen molar-refractivity contribution in [2.75, 3.05) is 5.75 Å². The number of amides is 3. The molecule has 3 amide bonds. The minimum atomic E-state index is -1.62. The molecule has 11 nitrogen and oxygen atoms in total. The molecule has 0 fully saturated rings. The van der Waals surface area contributed by atoms with Crippen LogP contribution in [-0.2, 0) is 19.2 Å². The molecule has 0 spiro atoms. The van der Waals surface area contributed by atoms with Crippen molar-refractivity contribution >= 4 is 36.3 Å². The van der Waals surface area contributed by atoms with Crippen LogP contribution in [0, 0.1) is 0 Å². The third kappa shape index (κ3) is 7.56. The van der Waals surface area contributed by atoms with Gasteiger partial charge >= 0.3 is 5.97 Å². The molecule has 12 heteroatoms. The maximum Gasteiger partial charge on any atom is 0.328 e. The van der Waals surface area contributed by atoms with Crippen molar-refractivity contribution in [1.82, 2.24) is 16.0 Å². The van der Waals surface area contributed by atoms with E-state index in [4.69, 9.17) is 10.8 Å². The molecule has 0 aliphatic heterocycles. The molecule has 0 rings (SSSR count). The first-order valence-electron chi connectivity index (χ1n) is 7.78. The van der Waals surface area contributed by atoms with Crippen LogP contribution in [-0.4, -0.2) is 81.1 Å². The van der Waals surface area contributed by atoms with Crippen LogP contribution in [0.1, 0.15) is 20.8 Å². The molecule has 0 saturated heterocycles. The molecule has 0 aliphatic rings. The molecule has 26 heavy (non-hydrogen) atoms. The highest BCUT2D eigenvalue weighted by Crippen LogP contribution is 2.00. The summed E-state index contributed by atoms with van der Waals surface area (Å²) in [5.41, 5.74) is 5.47. The highest BCUT2D eigenvalue weighted by molar-refractivity contribution is 7.80. The fourth-order valence-corrected chi connectivity index (χ4v) is 1.95. The average Bonchev–Trinajstić information content (AvgIpc) is 2.54. The number of nitrogens with two attached hydrogens (primary N) is 1. The first-order valence-corrected chi connectivity index (χ1v) is 8.42. The standard InChI is InChI=1S/C14H26N4O7S/c1-5(16-12(22)8(15)4-26)11(21)17-9(6(2)19)13(23)18-10(7(3)20)14(24)25/h5-10,19-20,26H,4,15H2,1-3H3,(H,16,22)(H,17,21)(H,18,23)(H,24,25). The Balaban J connectivity index is 5.00. The van der Waals surface area contributed by atoms with Gasteiger partial charge in [-0.3, -0.25) is 14.4 Å². The molecular weight excluding hydrogens is 368 g/mol. The zero-order valence-electron chi connectivity index (χ0n) is 14.7. The van der Waals surface area contributed by atoms with Gasteiger partial charge in [0.1, 0.15) is 12.1 Å². The van der Waals surface area contributed by atoms with E-state index in [0.29, 0.717) is 0 Å². The van der Waals surface area contributed by atoms with Crippen molar-refractivity contribution in [3.63, 3.8) is 0 Å². The van der Waals surface area contributed by atoms with Crippen molar-refractivity contribution in [3.05, 3.63) is 0 Å². The van der Waals surface area contributed by atoms with E-state index in [1.165, 1.54) is 13.8 Å². The Morgan fingerprint density at radius 3 is 1.73 bits per heavy atom. The molecule has 0 saturated carbocycles. The Kier molecular flexibility index (Phi) is 10.2. The number of rotatable bonds is 10. The second kappa shape index (κ2) is 11.0. The summed E-state index contributed by atoms with van der Waals surface area (Å²) in [5.74, 6) is -3.84. The molecule has 0 bridgehead atoms. The Bertz CT molecular complexity index is 529. The SMILES string of the molecule is CC(NC(=O)C(N)CS)C(=O)NC(C(=O)NC(C(=O)O)C(C)O)C(C)O. The second-order valence-electron chi connectivity index (χ2n) is 5.81. The molecule has 0 aromatic heterocycles. The molecule has 0 aromatic rings. The molecule has 8 N–H and O–H groups in total. The van der Waals surface area contributed by atoms with Gasteiger partial charge in [-0.05, 0) is 20.8 Å². The van der Waals surface area contributed by atoms with Gasteiger partial charge in [0, 0.05) is 5.75 Å². The lowest BCUT2D eigenvalue weighted by Gasteiger charge is -2.26. The van der Waals surface area contributed by atoms with Gasteiger partial charge in [0.05, 0.1) is 18.2 Å². The van der Waals surface area contributed by atoms with Crippen molar-refractivity contribution < 1.29 is 34.5 Å². The van der Waals surface area contributed by atoms with Crippen LogP contribution in [0.25, 0.3) is 0 Å². The molecule has 6 unspecified atom stereocenters. The number of hydrogen-bond acceptors (Lipinski definition) is 8. The van der Waals surface area contributed by atoms with E-state index >= 15 is 0 Å². The van der Waals surface area contributed by atoms with E-state index in [0.717, 1.165) is 6.92 Å². The summed E-state index contributed by atoms with van der Waals surface area (Å²) in [5, 5.41) is 34.6. The summed E-state index contributed by atoms with van der Waals surface area (Å²) in [4.78, 5) is 47.0. The fraction of sp³-hybridized carbons (Fsp3) is 0.714. The number of carbonyl (C=O) groups is 4. The number of aliphatic carboxylic acids is 1. The highest BCUT2D eigenvalue weighted by Gasteiger charge is 2.33. The van der Waals surface area contributed by atoms with Crippen LogP contribution < -0.4 is 21.7 Å². The van der Waals surface area contributed by atoms with Gasteiger partial charge in [-0.1, -0.05) is 0 Å². The maximum absolute atomic E-state index is 12.2. The number of thiol groups is 1. The summed E-state index contributed by atoms with van der Waals surface area (Å²) < 4.78 is 0. The molecule has 6 atom stereocenters. The quantitative estimate of drug-likeness (QED) is 0.175. The summed E-state index contributed by atoms with van der Waals surface area (Å²) in [6.07, 6.45) is -2.77. The predicted molar refractivity (Wildman–Crippen MR) is 94.3 cm³/mol. The number of aliphatic hydroxyl groups excluding tert-OH is 2. The number of hydrogen-bond donors (Lipinski definition) is 8. The third-order valence-electron chi connectivity index (χ3n) is 3.39. The monoisotopic (exact) mass is 394 g/mol. The van der Waals surface area contributed by atoms with Gasteiger partial charge in [-0.25, -0.2) is 4.79 Å². The van der Waals surface area contributed by atoms with Gasteiger partial charge in [0.15, 0.2) is 6.04 Å². The summed E-state index contributed by atoms with van der Waals surface area (Å²) >= 11 is 3.86. The Hall–Kier alpha value is -1.89. The van der Waals surface area contributed by atoms with Crippen molar-refractivity contribution in [1.29, 1.82) is 0 Å². The van der Waals surface area contributed by atoms with E-state index in [2.05, 4.69) is 23.3 Å².